The van der Waals surface area contributed by atoms with Crippen LogP contribution in [0.25, 0.3) is 0 Å². The second-order valence-electron chi connectivity index (χ2n) is 4.42. The molecule has 0 spiro atoms. The Labute approximate surface area is 106 Å². The van der Waals surface area contributed by atoms with E-state index in [4.69, 9.17) is 23.2 Å². The molecule has 0 heterocycles. The van der Waals surface area contributed by atoms with Crippen molar-refractivity contribution in [3.05, 3.63) is 34.6 Å². The third-order valence-electron chi connectivity index (χ3n) is 2.47. The van der Waals surface area contributed by atoms with Crippen LogP contribution in [0.15, 0.2) is 18.2 Å². The zero-order valence-electron chi connectivity index (χ0n) is 9.49. The summed E-state index contributed by atoms with van der Waals surface area (Å²) in [4.78, 5) is 0. The predicted octanol–water partition coefficient (Wildman–Crippen LogP) is 3.98. The minimum Gasteiger partial charge on any atom is -0.308 e. The van der Waals surface area contributed by atoms with E-state index in [0.29, 0.717) is 12.4 Å². The lowest BCUT2D eigenvalue weighted by molar-refractivity contribution is 0.376. The molecule has 0 saturated carbocycles. The topological polar surface area (TPSA) is 12.0 Å². The number of alkyl halides is 1. The molecule has 1 N–H and O–H groups in total. The van der Waals surface area contributed by atoms with Gasteiger partial charge in [0.25, 0.3) is 0 Å². The van der Waals surface area contributed by atoms with E-state index in [9.17, 15) is 4.39 Å². The molecule has 16 heavy (non-hydrogen) atoms. The van der Waals surface area contributed by atoms with Gasteiger partial charge in [-0.2, -0.15) is 0 Å². The molecule has 0 atom stereocenters. The summed E-state index contributed by atoms with van der Waals surface area (Å²) < 4.78 is 13.2. The number of hydrogen-bond acceptors (Lipinski definition) is 1. The molecule has 1 nitrogen and oxygen atoms in total. The highest BCUT2D eigenvalue weighted by Crippen LogP contribution is 2.16. The Morgan fingerprint density at radius 2 is 2.06 bits per heavy atom. The smallest absolute Gasteiger partial charge is 0.142 e. The SMILES string of the molecule is CC(C)(CCCl)NCc1ccc(Cl)c(F)c1. The van der Waals surface area contributed by atoms with Gasteiger partial charge in [0, 0.05) is 18.0 Å². The summed E-state index contributed by atoms with van der Waals surface area (Å²) in [5.41, 5.74) is 0.835. The minimum absolute atomic E-state index is 0.0438. The van der Waals surface area contributed by atoms with Crippen molar-refractivity contribution in [2.45, 2.75) is 32.4 Å². The molecular weight excluding hydrogens is 248 g/mol. The fourth-order valence-electron chi connectivity index (χ4n) is 1.32. The van der Waals surface area contributed by atoms with Crippen molar-refractivity contribution in [2.75, 3.05) is 5.88 Å². The summed E-state index contributed by atoms with van der Waals surface area (Å²) in [7, 11) is 0. The molecule has 1 aromatic rings. The van der Waals surface area contributed by atoms with Crippen molar-refractivity contribution in [2.24, 2.45) is 0 Å². The zero-order chi connectivity index (χ0) is 12.2. The molecule has 4 heteroatoms. The Balaban J connectivity index is 2.57. The van der Waals surface area contributed by atoms with E-state index in [1.54, 1.807) is 6.07 Å². The van der Waals surface area contributed by atoms with Crippen LogP contribution in [-0.4, -0.2) is 11.4 Å². The molecule has 0 bridgehead atoms. The van der Waals surface area contributed by atoms with Gasteiger partial charge in [0.2, 0.25) is 0 Å². The highest BCUT2D eigenvalue weighted by atomic mass is 35.5. The molecule has 0 aromatic heterocycles. The first kappa shape index (κ1) is 13.8. The van der Waals surface area contributed by atoms with Crippen LogP contribution >= 0.6 is 23.2 Å². The van der Waals surface area contributed by atoms with Crippen LogP contribution in [0, 0.1) is 5.82 Å². The molecule has 0 amide bonds. The molecule has 1 aromatic carbocycles. The van der Waals surface area contributed by atoms with Crippen molar-refractivity contribution < 1.29 is 4.39 Å². The maximum Gasteiger partial charge on any atom is 0.142 e. The fraction of sp³-hybridized carbons (Fsp3) is 0.500. The molecule has 0 radical (unpaired) electrons. The summed E-state index contributed by atoms with van der Waals surface area (Å²) in [6.07, 6.45) is 0.866. The summed E-state index contributed by atoms with van der Waals surface area (Å²) in [5.74, 6) is 0.228. The fourth-order valence-corrected chi connectivity index (χ4v) is 1.91. The molecule has 90 valence electrons. The zero-order valence-corrected chi connectivity index (χ0v) is 11.0. The molecule has 0 unspecified atom stereocenters. The Morgan fingerprint density at radius 1 is 1.38 bits per heavy atom. The maximum atomic E-state index is 13.2. The number of hydrogen-bond donors (Lipinski definition) is 1. The molecule has 0 aliphatic heterocycles. The van der Waals surface area contributed by atoms with Gasteiger partial charge >= 0.3 is 0 Å². The first-order chi connectivity index (χ1) is 7.44. The van der Waals surface area contributed by atoms with Gasteiger partial charge in [-0.15, -0.1) is 11.6 Å². The Hall–Kier alpha value is -0.310. The third-order valence-corrected chi connectivity index (χ3v) is 2.97. The van der Waals surface area contributed by atoms with Crippen molar-refractivity contribution >= 4 is 23.2 Å². The van der Waals surface area contributed by atoms with E-state index in [1.165, 1.54) is 6.07 Å². The van der Waals surface area contributed by atoms with Crippen molar-refractivity contribution in [1.82, 2.24) is 5.32 Å². The number of rotatable bonds is 5. The second kappa shape index (κ2) is 5.85. The molecule has 0 fully saturated rings. The second-order valence-corrected chi connectivity index (χ2v) is 5.21. The summed E-state index contributed by atoms with van der Waals surface area (Å²) in [5, 5.41) is 3.48. The standard InChI is InChI=1S/C12H16Cl2FN/c1-12(2,5-6-13)16-8-9-3-4-10(14)11(15)7-9/h3-4,7,16H,5-6,8H2,1-2H3. The van der Waals surface area contributed by atoms with Crippen molar-refractivity contribution in [1.29, 1.82) is 0 Å². The lowest BCUT2D eigenvalue weighted by atomic mass is 10.0. The van der Waals surface area contributed by atoms with Crippen LogP contribution in [0.5, 0.6) is 0 Å². The van der Waals surface area contributed by atoms with E-state index in [0.717, 1.165) is 12.0 Å². The van der Waals surface area contributed by atoms with Crippen molar-refractivity contribution in [3.8, 4) is 0 Å². The van der Waals surface area contributed by atoms with Crippen LogP contribution in [0.1, 0.15) is 25.8 Å². The lowest BCUT2D eigenvalue weighted by Crippen LogP contribution is -2.39. The Bertz CT molecular complexity index is 353. The van der Waals surface area contributed by atoms with E-state index >= 15 is 0 Å². The van der Waals surface area contributed by atoms with Gasteiger partial charge in [0.1, 0.15) is 5.82 Å². The first-order valence-electron chi connectivity index (χ1n) is 5.19. The van der Waals surface area contributed by atoms with E-state index in [1.807, 2.05) is 6.07 Å². The van der Waals surface area contributed by atoms with Gasteiger partial charge < -0.3 is 5.32 Å². The van der Waals surface area contributed by atoms with Crippen LogP contribution in [0.4, 0.5) is 4.39 Å². The van der Waals surface area contributed by atoms with Crippen LogP contribution < -0.4 is 5.32 Å². The van der Waals surface area contributed by atoms with Gasteiger partial charge in [-0.25, -0.2) is 4.39 Å². The van der Waals surface area contributed by atoms with E-state index in [-0.39, 0.29) is 16.4 Å². The average molecular weight is 264 g/mol. The largest absolute Gasteiger partial charge is 0.308 e. The van der Waals surface area contributed by atoms with E-state index < -0.39 is 0 Å². The summed E-state index contributed by atoms with van der Waals surface area (Å²) >= 11 is 11.3. The number of nitrogens with one attached hydrogen (secondary N) is 1. The van der Waals surface area contributed by atoms with Crippen LogP contribution in [0.3, 0.4) is 0 Å². The normalized spacial score (nSPS) is 11.8. The van der Waals surface area contributed by atoms with Gasteiger partial charge in [-0.1, -0.05) is 17.7 Å². The Kier molecular flexibility index (Phi) is 5.03. The van der Waals surface area contributed by atoms with E-state index in [2.05, 4.69) is 19.2 Å². The molecule has 1 rings (SSSR count). The van der Waals surface area contributed by atoms with Gasteiger partial charge in [-0.3, -0.25) is 0 Å². The summed E-state index contributed by atoms with van der Waals surface area (Å²) in [6.45, 7) is 4.75. The average Bonchev–Trinajstić information content (AvgIpc) is 2.20. The van der Waals surface area contributed by atoms with Crippen molar-refractivity contribution in [3.63, 3.8) is 0 Å². The molecule has 0 aliphatic carbocycles. The highest BCUT2D eigenvalue weighted by molar-refractivity contribution is 6.30. The Morgan fingerprint density at radius 3 is 2.62 bits per heavy atom. The quantitative estimate of drug-likeness (QED) is 0.793. The van der Waals surface area contributed by atoms with Gasteiger partial charge in [0.05, 0.1) is 5.02 Å². The monoisotopic (exact) mass is 263 g/mol. The maximum absolute atomic E-state index is 13.2. The third kappa shape index (κ3) is 4.28. The summed E-state index contributed by atoms with van der Waals surface area (Å²) in [6, 6.07) is 4.84. The van der Waals surface area contributed by atoms with Gasteiger partial charge in [-0.05, 0) is 38.0 Å². The number of benzene rings is 1. The predicted molar refractivity (Wildman–Crippen MR) is 67.7 cm³/mol. The minimum atomic E-state index is -0.379. The van der Waals surface area contributed by atoms with Crippen LogP contribution in [0.2, 0.25) is 5.02 Å². The van der Waals surface area contributed by atoms with Gasteiger partial charge in [0.15, 0.2) is 0 Å². The molecule has 0 saturated heterocycles. The molecule has 0 aliphatic rings. The highest BCUT2D eigenvalue weighted by Gasteiger charge is 2.15. The first-order valence-corrected chi connectivity index (χ1v) is 6.11. The molecular formula is C12H16Cl2FN. The van der Waals surface area contributed by atoms with Crippen LogP contribution in [-0.2, 0) is 6.54 Å². The number of halogens is 3. The lowest BCUT2D eigenvalue weighted by Gasteiger charge is -2.25.